The van der Waals surface area contributed by atoms with Gasteiger partial charge in [-0.2, -0.15) is 0 Å². The van der Waals surface area contributed by atoms with Crippen molar-refractivity contribution >= 4 is 38.9 Å². The molecule has 1 N–H and O–H groups in total. The van der Waals surface area contributed by atoms with Gasteiger partial charge in [-0.15, -0.1) is 0 Å². The molecule has 148 valence electrons. The van der Waals surface area contributed by atoms with E-state index in [0.29, 0.717) is 29.2 Å². The minimum absolute atomic E-state index is 0.0867. The number of carbonyl (C=O) groups excluding carboxylic acids is 1. The molecular formula is C22H19ClN2O3S. The number of fused-ring (bicyclic) bond motifs is 1. The van der Waals surface area contributed by atoms with Gasteiger partial charge < -0.3 is 4.90 Å². The van der Waals surface area contributed by atoms with Gasteiger partial charge in [0.25, 0.3) is 15.9 Å². The monoisotopic (exact) mass is 426 g/mol. The number of hydrogen-bond acceptors (Lipinski definition) is 3. The second-order valence-electron chi connectivity index (χ2n) is 6.80. The highest BCUT2D eigenvalue weighted by Crippen LogP contribution is 2.32. The number of nitrogens with one attached hydrogen (secondary N) is 1. The summed E-state index contributed by atoms with van der Waals surface area (Å²) < 4.78 is 28.2. The number of anilines is 2. The highest BCUT2D eigenvalue weighted by Gasteiger charge is 2.25. The molecule has 1 aliphatic heterocycles. The van der Waals surface area contributed by atoms with Crippen molar-refractivity contribution in [1.29, 1.82) is 0 Å². The molecule has 29 heavy (non-hydrogen) atoms. The number of amides is 1. The van der Waals surface area contributed by atoms with Crippen molar-refractivity contribution in [3.63, 3.8) is 0 Å². The summed E-state index contributed by atoms with van der Waals surface area (Å²) in [5.41, 5.74) is 2.52. The third kappa shape index (κ3) is 3.99. The lowest BCUT2D eigenvalue weighted by molar-refractivity contribution is 0.0985. The number of hydrogen-bond donors (Lipinski definition) is 1. The maximum absolute atomic E-state index is 12.9. The van der Waals surface area contributed by atoms with Gasteiger partial charge in [0.15, 0.2) is 0 Å². The largest absolute Gasteiger partial charge is 0.308 e. The van der Waals surface area contributed by atoms with Crippen molar-refractivity contribution in [3.05, 3.63) is 88.9 Å². The molecule has 1 heterocycles. The van der Waals surface area contributed by atoms with Crippen LogP contribution in [0.4, 0.5) is 11.4 Å². The molecule has 4 rings (SSSR count). The molecule has 0 spiro atoms. The Morgan fingerprint density at radius 1 is 0.966 bits per heavy atom. The molecule has 0 atom stereocenters. The number of para-hydroxylation sites is 1. The average Bonchev–Trinajstić information content (AvgIpc) is 2.74. The Morgan fingerprint density at radius 2 is 1.69 bits per heavy atom. The third-order valence-corrected chi connectivity index (χ3v) is 6.56. The molecule has 1 aliphatic rings. The third-order valence-electron chi connectivity index (χ3n) is 4.86. The summed E-state index contributed by atoms with van der Waals surface area (Å²) in [6, 6.07) is 20.6. The van der Waals surface area contributed by atoms with E-state index >= 15 is 0 Å². The van der Waals surface area contributed by atoms with E-state index in [4.69, 9.17) is 11.6 Å². The van der Waals surface area contributed by atoms with E-state index in [-0.39, 0.29) is 10.8 Å². The molecule has 0 unspecified atom stereocenters. The van der Waals surface area contributed by atoms with E-state index < -0.39 is 10.0 Å². The number of nitrogens with zero attached hydrogens (tertiary/aromatic N) is 1. The van der Waals surface area contributed by atoms with Crippen LogP contribution in [0.1, 0.15) is 22.3 Å². The van der Waals surface area contributed by atoms with Gasteiger partial charge in [-0.3, -0.25) is 9.52 Å². The van der Waals surface area contributed by atoms with Crippen LogP contribution in [-0.4, -0.2) is 20.9 Å². The van der Waals surface area contributed by atoms with Crippen LogP contribution >= 0.6 is 11.6 Å². The lowest BCUT2D eigenvalue weighted by atomic mass is 10.0. The zero-order chi connectivity index (χ0) is 20.4. The van der Waals surface area contributed by atoms with Crippen LogP contribution in [0, 0.1) is 0 Å². The molecule has 0 saturated carbocycles. The molecular weight excluding hydrogens is 408 g/mol. The predicted molar refractivity (Wildman–Crippen MR) is 115 cm³/mol. The van der Waals surface area contributed by atoms with E-state index in [1.165, 1.54) is 6.07 Å². The van der Waals surface area contributed by atoms with E-state index in [0.717, 1.165) is 17.7 Å². The average molecular weight is 427 g/mol. The number of carbonyl (C=O) groups is 1. The topological polar surface area (TPSA) is 66.5 Å². The van der Waals surface area contributed by atoms with Crippen molar-refractivity contribution in [2.24, 2.45) is 0 Å². The van der Waals surface area contributed by atoms with Gasteiger partial charge in [0.2, 0.25) is 0 Å². The van der Waals surface area contributed by atoms with Crippen molar-refractivity contribution < 1.29 is 13.2 Å². The quantitative estimate of drug-likeness (QED) is 0.655. The molecule has 1 amide bonds. The van der Waals surface area contributed by atoms with Crippen molar-refractivity contribution in [2.45, 2.75) is 17.7 Å². The molecule has 3 aromatic rings. The second kappa shape index (κ2) is 7.89. The number of aryl methyl sites for hydroxylation is 1. The predicted octanol–water partition coefficient (Wildman–Crippen LogP) is 4.73. The van der Waals surface area contributed by atoms with Crippen LogP contribution in [0.3, 0.4) is 0 Å². The van der Waals surface area contributed by atoms with Crippen molar-refractivity contribution in [3.8, 4) is 0 Å². The highest BCUT2D eigenvalue weighted by atomic mass is 35.5. The van der Waals surface area contributed by atoms with E-state index in [1.54, 1.807) is 53.4 Å². The Morgan fingerprint density at radius 3 is 2.45 bits per heavy atom. The van der Waals surface area contributed by atoms with Gasteiger partial charge in [0.05, 0.1) is 15.6 Å². The Balaban J connectivity index is 1.65. The fourth-order valence-electron chi connectivity index (χ4n) is 3.44. The summed E-state index contributed by atoms with van der Waals surface area (Å²) in [6.45, 7) is 0.602. The smallest absolute Gasteiger partial charge is 0.261 e. The molecule has 0 saturated heterocycles. The molecule has 7 heteroatoms. The minimum atomic E-state index is -3.80. The first kappa shape index (κ1) is 19.5. The zero-order valence-electron chi connectivity index (χ0n) is 15.5. The summed E-state index contributed by atoms with van der Waals surface area (Å²) in [5, 5.41) is 0.327. The van der Waals surface area contributed by atoms with Gasteiger partial charge in [-0.25, -0.2) is 8.42 Å². The molecule has 0 radical (unpaired) electrons. The Kier molecular flexibility index (Phi) is 5.30. The van der Waals surface area contributed by atoms with Crippen LogP contribution < -0.4 is 9.62 Å². The van der Waals surface area contributed by atoms with Crippen LogP contribution in [0.5, 0.6) is 0 Å². The van der Waals surface area contributed by atoms with Gasteiger partial charge >= 0.3 is 0 Å². The van der Waals surface area contributed by atoms with Crippen molar-refractivity contribution in [1.82, 2.24) is 0 Å². The lowest BCUT2D eigenvalue weighted by Gasteiger charge is -2.30. The first-order valence-corrected chi connectivity index (χ1v) is 11.1. The summed E-state index contributed by atoms with van der Waals surface area (Å²) in [4.78, 5) is 14.8. The lowest BCUT2D eigenvalue weighted by Crippen LogP contribution is -2.35. The minimum Gasteiger partial charge on any atom is -0.308 e. The molecule has 0 fully saturated rings. The second-order valence-corrected chi connectivity index (χ2v) is 8.89. The summed E-state index contributed by atoms with van der Waals surface area (Å²) in [7, 11) is -3.80. The number of benzene rings is 3. The molecule has 3 aromatic carbocycles. The maximum atomic E-state index is 12.9. The van der Waals surface area contributed by atoms with Crippen LogP contribution in [-0.2, 0) is 16.4 Å². The Bertz CT molecular complexity index is 1160. The Hall–Kier alpha value is -2.83. The van der Waals surface area contributed by atoms with Gasteiger partial charge in [-0.1, -0.05) is 41.9 Å². The fourth-order valence-corrected chi connectivity index (χ4v) is 4.80. The van der Waals surface area contributed by atoms with Crippen LogP contribution in [0.2, 0.25) is 5.02 Å². The first-order chi connectivity index (χ1) is 14.0. The zero-order valence-corrected chi connectivity index (χ0v) is 17.1. The van der Waals surface area contributed by atoms with Gasteiger partial charge in [0.1, 0.15) is 0 Å². The summed E-state index contributed by atoms with van der Waals surface area (Å²) in [6.07, 6.45) is 1.48. The van der Waals surface area contributed by atoms with Crippen LogP contribution in [0.25, 0.3) is 0 Å². The number of rotatable bonds is 4. The van der Waals surface area contributed by atoms with E-state index in [1.807, 2.05) is 18.2 Å². The fraction of sp³-hybridized carbons (Fsp3) is 0.136. The maximum Gasteiger partial charge on any atom is 0.261 e. The van der Waals surface area contributed by atoms with E-state index in [2.05, 4.69) is 4.72 Å². The summed E-state index contributed by atoms with van der Waals surface area (Å²) >= 11 is 6.07. The SMILES string of the molecule is O=C(c1ccccc1)N1CCCc2cc(S(=O)(=O)Nc3ccccc3Cl)ccc21. The molecule has 0 aromatic heterocycles. The van der Waals surface area contributed by atoms with Crippen LogP contribution in [0.15, 0.2) is 77.7 Å². The normalized spacial score (nSPS) is 13.6. The van der Waals surface area contributed by atoms with Gasteiger partial charge in [-0.05, 0) is 60.9 Å². The van der Waals surface area contributed by atoms with Gasteiger partial charge in [0, 0.05) is 17.8 Å². The highest BCUT2D eigenvalue weighted by molar-refractivity contribution is 7.92. The number of halogens is 1. The van der Waals surface area contributed by atoms with E-state index in [9.17, 15) is 13.2 Å². The number of sulfonamides is 1. The molecule has 0 aliphatic carbocycles. The first-order valence-electron chi connectivity index (χ1n) is 9.23. The molecule has 0 bridgehead atoms. The summed E-state index contributed by atoms with van der Waals surface area (Å²) in [5.74, 6) is -0.0867. The van der Waals surface area contributed by atoms with Crippen molar-refractivity contribution in [2.75, 3.05) is 16.2 Å². The molecule has 5 nitrogen and oxygen atoms in total. The standard InChI is InChI=1S/C22H19ClN2O3S/c23-19-10-4-5-11-20(19)24-29(27,28)18-12-13-21-17(15-18)9-6-14-25(21)22(26)16-7-2-1-3-8-16/h1-5,7-8,10-13,15,24H,6,9,14H2. The Labute approximate surface area is 175 Å².